The summed E-state index contributed by atoms with van der Waals surface area (Å²) < 4.78 is 0.684. The largest absolute Gasteiger partial charge is 0.299 e. The zero-order chi connectivity index (χ0) is 16.0. The number of carbonyl (C=O) groups excluding carboxylic acids is 1. The lowest BCUT2D eigenvalue weighted by molar-refractivity contribution is -0.141. The SMILES string of the molecule is C[C@@H]1C[C@@]2(C)[C@H](CC[C@H]3[C@H]2CC[C@]2(C)C(=O)CC[C@@H]32)C[C@]12CS2. The molecule has 1 saturated heterocycles. The van der Waals surface area contributed by atoms with Crippen LogP contribution < -0.4 is 0 Å². The van der Waals surface area contributed by atoms with Crippen molar-refractivity contribution in [2.24, 2.45) is 40.4 Å². The van der Waals surface area contributed by atoms with Crippen LogP contribution in [0.2, 0.25) is 0 Å². The van der Waals surface area contributed by atoms with Gasteiger partial charge in [0.2, 0.25) is 0 Å². The topological polar surface area (TPSA) is 17.1 Å². The van der Waals surface area contributed by atoms with Crippen molar-refractivity contribution in [2.75, 3.05) is 5.75 Å². The number of Topliss-reactive ketones (excluding diaryl/α,β-unsaturated/α-hetero) is 1. The second-order valence-corrected chi connectivity index (χ2v) is 11.6. The highest BCUT2D eigenvalue weighted by Gasteiger charge is 2.64. The van der Waals surface area contributed by atoms with Crippen LogP contribution in [0.15, 0.2) is 0 Å². The molecule has 5 rings (SSSR count). The summed E-state index contributed by atoms with van der Waals surface area (Å²) in [6, 6.07) is 0. The maximum atomic E-state index is 12.5. The van der Waals surface area contributed by atoms with Crippen LogP contribution in [0.3, 0.4) is 0 Å². The Hall–Kier alpha value is 0.0200. The van der Waals surface area contributed by atoms with Gasteiger partial charge in [-0.15, -0.1) is 0 Å². The zero-order valence-corrected chi connectivity index (χ0v) is 15.9. The molecule has 1 spiro atoms. The molecule has 0 bridgehead atoms. The van der Waals surface area contributed by atoms with Crippen LogP contribution in [0.5, 0.6) is 0 Å². The Kier molecular flexibility index (Phi) is 3.05. The first-order chi connectivity index (χ1) is 10.9. The number of rotatable bonds is 0. The van der Waals surface area contributed by atoms with Gasteiger partial charge in [-0.2, -0.15) is 11.8 Å². The molecule has 0 unspecified atom stereocenters. The van der Waals surface area contributed by atoms with Crippen molar-refractivity contribution >= 4 is 17.5 Å². The fourth-order valence-electron chi connectivity index (χ4n) is 7.92. The van der Waals surface area contributed by atoms with E-state index in [1.54, 1.807) is 0 Å². The van der Waals surface area contributed by atoms with Crippen LogP contribution in [0.4, 0.5) is 0 Å². The first-order valence-corrected chi connectivity index (χ1v) is 11.0. The summed E-state index contributed by atoms with van der Waals surface area (Å²) >= 11 is 2.25. The molecular formula is C21H32OS. The van der Waals surface area contributed by atoms with Crippen LogP contribution >= 0.6 is 11.8 Å². The van der Waals surface area contributed by atoms with E-state index in [1.807, 2.05) is 0 Å². The molecule has 128 valence electrons. The van der Waals surface area contributed by atoms with Crippen LogP contribution in [0.1, 0.15) is 72.1 Å². The Balaban J connectivity index is 1.47. The second kappa shape index (κ2) is 4.59. The van der Waals surface area contributed by atoms with Crippen molar-refractivity contribution in [2.45, 2.75) is 76.9 Å². The van der Waals surface area contributed by atoms with Crippen molar-refractivity contribution < 1.29 is 4.79 Å². The van der Waals surface area contributed by atoms with Crippen molar-refractivity contribution in [3.63, 3.8) is 0 Å². The highest BCUT2D eigenvalue weighted by atomic mass is 32.2. The summed E-state index contributed by atoms with van der Waals surface area (Å²) in [5, 5.41) is 0. The van der Waals surface area contributed by atoms with E-state index in [2.05, 4.69) is 32.5 Å². The molecule has 1 heterocycles. The van der Waals surface area contributed by atoms with E-state index in [1.165, 1.54) is 50.7 Å². The quantitative estimate of drug-likeness (QED) is 0.558. The molecule has 1 aliphatic heterocycles. The molecule has 2 heteroatoms. The second-order valence-electron chi connectivity index (χ2n) is 10.2. The van der Waals surface area contributed by atoms with Gasteiger partial charge >= 0.3 is 0 Å². The Labute approximate surface area is 145 Å². The van der Waals surface area contributed by atoms with E-state index < -0.39 is 0 Å². The molecule has 1 nitrogen and oxygen atoms in total. The smallest absolute Gasteiger partial charge is 0.139 e. The van der Waals surface area contributed by atoms with Gasteiger partial charge in [0.05, 0.1) is 0 Å². The van der Waals surface area contributed by atoms with Gasteiger partial charge in [-0.25, -0.2) is 0 Å². The molecule has 0 aromatic rings. The Morgan fingerprint density at radius 1 is 1.04 bits per heavy atom. The summed E-state index contributed by atoms with van der Waals surface area (Å²) in [4.78, 5) is 12.5. The maximum absolute atomic E-state index is 12.5. The van der Waals surface area contributed by atoms with E-state index in [0.717, 1.165) is 30.1 Å². The summed E-state index contributed by atoms with van der Waals surface area (Å²) in [6.45, 7) is 7.51. The Morgan fingerprint density at radius 2 is 1.83 bits per heavy atom. The third-order valence-electron chi connectivity index (χ3n) is 9.53. The van der Waals surface area contributed by atoms with Gasteiger partial charge in [0.25, 0.3) is 0 Å². The number of ketones is 1. The lowest BCUT2D eigenvalue weighted by Gasteiger charge is -2.61. The molecule has 0 N–H and O–H groups in total. The monoisotopic (exact) mass is 332 g/mol. The van der Waals surface area contributed by atoms with Gasteiger partial charge in [0.1, 0.15) is 5.78 Å². The van der Waals surface area contributed by atoms with Gasteiger partial charge in [-0.05, 0) is 80.0 Å². The van der Waals surface area contributed by atoms with Crippen LogP contribution in [0, 0.1) is 40.4 Å². The zero-order valence-electron chi connectivity index (χ0n) is 15.1. The number of thioether (sulfide) groups is 1. The molecule has 0 aromatic carbocycles. The molecule has 0 radical (unpaired) electrons. The number of hydrogen-bond acceptors (Lipinski definition) is 2. The van der Waals surface area contributed by atoms with E-state index in [9.17, 15) is 4.79 Å². The number of hydrogen-bond donors (Lipinski definition) is 0. The van der Waals surface area contributed by atoms with Crippen molar-refractivity contribution in [3.05, 3.63) is 0 Å². The predicted octanol–water partition coefficient (Wildman–Crippen LogP) is 5.33. The highest BCUT2D eigenvalue weighted by molar-refractivity contribution is 8.07. The fourth-order valence-corrected chi connectivity index (χ4v) is 9.19. The molecule has 23 heavy (non-hydrogen) atoms. The summed E-state index contributed by atoms with van der Waals surface area (Å²) in [5.41, 5.74) is 0.627. The maximum Gasteiger partial charge on any atom is 0.139 e. The van der Waals surface area contributed by atoms with Crippen molar-refractivity contribution in [1.82, 2.24) is 0 Å². The highest BCUT2D eigenvalue weighted by Crippen LogP contribution is 2.70. The van der Waals surface area contributed by atoms with E-state index in [0.29, 0.717) is 21.9 Å². The van der Waals surface area contributed by atoms with Crippen molar-refractivity contribution in [1.29, 1.82) is 0 Å². The summed E-state index contributed by atoms with van der Waals surface area (Å²) in [5.74, 6) is 6.39. The molecular weight excluding hydrogens is 300 g/mol. The van der Waals surface area contributed by atoms with Gasteiger partial charge < -0.3 is 0 Å². The predicted molar refractivity (Wildman–Crippen MR) is 96.5 cm³/mol. The lowest BCUT2D eigenvalue weighted by atomic mass is 9.43. The molecule has 0 aromatic heterocycles. The summed E-state index contributed by atoms with van der Waals surface area (Å²) in [7, 11) is 0. The van der Waals surface area contributed by atoms with Crippen LogP contribution in [0.25, 0.3) is 0 Å². The number of carbonyl (C=O) groups is 1. The van der Waals surface area contributed by atoms with E-state index in [4.69, 9.17) is 0 Å². The van der Waals surface area contributed by atoms with Gasteiger partial charge in [0.15, 0.2) is 0 Å². The minimum Gasteiger partial charge on any atom is -0.299 e. The normalized spacial score (nSPS) is 61.0. The first kappa shape index (κ1) is 15.3. The molecule has 4 aliphatic carbocycles. The molecule has 0 amide bonds. The molecule has 4 saturated carbocycles. The van der Waals surface area contributed by atoms with Gasteiger partial charge in [-0.1, -0.05) is 20.8 Å². The number of fused-ring (bicyclic) bond motifs is 5. The third-order valence-corrected chi connectivity index (χ3v) is 11.1. The van der Waals surface area contributed by atoms with Crippen LogP contribution in [-0.4, -0.2) is 16.3 Å². The third kappa shape index (κ3) is 1.85. The van der Waals surface area contributed by atoms with Gasteiger partial charge in [-0.3, -0.25) is 4.79 Å². The molecule has 8 atom stereocenters. The lowest BCUT2D eigenvalue weighted by Crippen LogP contribution is -2.55. The fraction of sp³-hybridized carbons (Fsp3) is 0.952. The van der Waals surface area contributed by atoms with E-state index in [-0.39, 0.29) is 5.41 Å². The van der Waals surface area contributed by atoms with Crippen molar-refractivity contribution in [3.8, 4) is 0 Å². The Bertz CT molecular complexity index is 552. The molecule has 5 fully saturated rings. The molecule has 5 aliphatic rings. The average Bonchev–Trinajstić information content (AvgIpc) is 3.22. The minimum atomic E-state index is 0.0538. The Morgan fingerprint density at radius 3 is 2.57 bits per heavy atom. The van der Waals surface area contributed by atoms with E-state index >= 15 is 0 Å². The average molecular weight is 333 g/mol. The minimum absolute atomic E-state index is 0.0538. The van der Waals surface area contributed by atoms with Gasteiger partial charge in [0, 0.05) is 22.3 Å². The standard InChI is InChI=1S/C21H32OS/c1-13-10-20(3)14(11-21(13)12-23-21)4-5-15-16-6-7-18(22)19(16,2)9-8-17(15)20/h13-17H,4-12H2,1-3H3/t13-,14-,15-,16+,17-,19+,20+,21+/m1/s1. The van der Waals surface area contributed by atoms with Crippen LogP contribution in [-0.2, 0) is 4.79 Å². The summed E-state index contributed by atoms with van der Waals surface area (Å²) in [6.07, 6.45) is 10.4. The first-order valence-electron chi connectivity index (χ1n) is 10.1.